The molecule has 8 nitrogen and oxygen atoms in total. The molecule has 152 valence electrons. The van der Waals surface area contributed by atoms with E-state index < -0.39 is 51.2 Å². The summed E-state index contributed by atoms with van der Waals surface area (Å²) in [5.74, 6) is -2.03. The van der Waals surface area contributed by atoms with Crippen LogP contribution < -0.4 is 11.2 Å². The fraction of sp³-hybridized carbons (Fsp3) is 0.353. The average molecular weight is 433 g/mol. The van der Waals surface area contributed by atoms with Crippen molar-refractivity contribution in [2.24, 2.45) is 0 Å². The van der Waals surface area contributed by atoms with Gasteiger partial charge in [-0.25, -0.2) is 17.6 Å². The Morgan fingerprint density at radius 1 is 1.29 bits per heavy atom. The maximum absolute atomic E-state index is 13.9. The zero-order valence-electron chi connectivity index (χ0n) is 15.3. The number of carbonyl (C=O) groups excluding carboxylic acids is 1. The molecule has 0 aliphatic carbocycles. The van der Waals surface area contributed by atoms with Crippen LogP contribution in [0, 0.1) is 5.82 Å². The van der Waals surface area contributed by atoms with E-state index in [2.05, 4.69) is 4.74 Å². The molecule has 0 aliphatic rings. The summed E-state index contributed by atoms with van der Waals surface area (Å²) in [7, 11) is -2.40. The summed E-state index contributed by atoms with van der Waals surface area (Å²) >= 11 is 5.97. The second-order valence-electron chi connectivity index (χ2n) is 6.25. The number of halogens is 2. The molecule has 2 aromatic rings. The van der Waals surface area contributed by atoms with Crippen LogP contribution in [0.3, 0.4) is 0 Å². The van der Waals surface area contributed by atoms with Gasteiger partial charge in [0.2, 0.25) is 0 Å². The molecular weight excluding hydrogens is 415 g/mol. The molecular formula is C17H18ClFN2O6S. The topological polar surface area (TPSA) is 104 Å². The van der Waals surface area contributed by atoms with Gasteiger partial charge in [-0.05, 0) is 13.0 Å². The van der Waals surface area contributed by atoms with Crippen LogP contribution in [0.1, 0.15) is 13.0 Å². The highest BCUT2D eigenvalue weighted by Crippen LogP contribution is 2.27. The molecule has 0 saturated carbocycles. The zero-order valence-corrected chi connectivity index (χ0v) is 16.9. The van der Waals surface area contributed by atoms with Crippen molar-refractivity contribution in [3.05, 3.63) is 56.1 Å². The minimum absolute atomic E-state index is 0.00517. The summed E-state index contributed by atoms with van der Waals surface area (Å²) in [6.45, 7) is 0.852. The number of rotatable bonds is 6. The summed E-state index contributed by atoms with van der Waals surface area (Å²) in [5, 5.41) is -0.342. The van der Waals surface area contributed by atoms with Crippen molar-refractivity contribution >= 4 is 27.4 Å². The molecule has 2 rings (SSSR count). The Morgan fingerprint density at radius 3 is 2.50 bits per heavy atom. The van der Waals surface area contributed by atoms with Crippen molar-refractivity contribution in [1.82, 2.24) is 9.13 Å². The lowest BCUT2D eigenvalue weighted by Gasteiger charge is -2.18. The van der Waals surface area contributed by atoms with E-state index in [9.17, 15) is 27.2 Å². The molecule has 0 radical (unpaired) electrons. The van der Waals surface area contributed by atoms with Gasteiger partial charge in [-0.3, -0.25) is 18.7 Å². The summed E-state index contributed by atoms with van der Waals surface area (Å²) in [6.07, 6.45) is 2.04. The largest absolute Gasteiger partial charge is 0.468 e. The SMILES string of the molecule is COC(=O)Cn1cc(-c2cccc(F)c2Cl)c(=O)n([C@@H](C)CS(C)(=O)=O)c1=O. The Kier molecular flexibility index (Phi) is 6.45. The van der Waals surface area contributed by atoms with Gasteiger partial charge in [0.15, 0.2) is 0 Å². The predicted molar refractivity (Wildman–Crippen MR) is 102 cm³/mol. The third kappa shape index (κ3) is 4.68. The highest BCUT2D eigenvalue weighted by atomic mass is 35.5. The van der Waals surface area contributed by atoms with Gasteiger partial charge in [-0.1, -0.05) is 23.7 Å². The van der Waals surface area contributed by atoms with Gasteiger partial charge in [0.1, 0.15) is 22.2 Å². The first-order valence-electron chi connectivity index (χ1n) is 8.01. The van der Waals surface area contributed by atoms with Gasteiger partial charge in [-0.2, -0.15) is 0 Å². The van der Waals surface area contributed by atoms with E-state index >= 15 is 0 Å². The number of hydrogen-bond donors (Lipinski definition) is 0. The third-order valence-electron chi connectivity index (χ3n) is 3.94. The highest BCUT2D eigenvalue weighted by molar-refractivity contribution is 7.90. The van der Waals surface area contributed by atoms with Crippen LogP contribution in [0.4, 0.5) is 4.39 Å². The van der Waals surface area contributed by atoms with Crippen LogP contribution in [0.15, 0.2) is 34.0 Å². The molecule has 0 amide bonds. The van der Waals surface area contributed by atoms with Crippen molar-refractivity contribution in [2.75, 3.05) is 19.1 Å². The molecule has 0 saturated heterocycles. The molecule has 1 heterocycles. The molecule has 0 spiro atoms. The van der Waals surface area contributed by atoms with Crippen LogP contribution >= 0.6 is 11.6 Å². The monoisotopic (exact) mass is 432 g/mol. The number of sulfone groups is 1. The predicted octanol–water partition coefficient (Wildman–Crippen LogP) is 1.25. The number of aromatic nitrogens is 2. The van der Waals surface area contributed by atoms with E-state index in [0.29, 0.717) is 4.57 Å². The van der Waals surface area contributed by atoms with Crippen molar-refractivity contribution in [2.45, 2.75) is 19.5 Å². The van der Waals surface area contributed by atoms with Gasteiger partial charge < -0.3 is 4.74 Å². The van der Waals surface area contributed by atoms with Crippen molar-refractivity contribution in [3.63, 3.8) is 0 Å². The average Bonchev–Trinajstić information content (AvgIpc) is 2.58. The molecule has 1 aromatic carbocycles. The van der Waals surface area contributed by atoms with Gasteiger partial charge in [0.05, 0.1) is 29.5 Å². The molecule has 0 bridgehead atoms. The van der Waals surface area contributed by atoms with E-state index in [1.807, 2.05) is 0 Å². The summed E-state index contributed by atoms with van der Waals surface area (Å²) in [6, 6.07) is 2.77. The van der Waals surface area contributed by atoms with Crippen LogP contribution in [0.5, 0.6) is 0 Å². The number of nitrogens with zero attached hydrogens (tertiary/aromatic N) is 2. The number of hydrogen-bond acceptors (Lipinski definition) is 6. The number of methoxy groups -OCH3 is 1. The fourth-order valence-corrected chi connectivity index (χ4v) is 3.99. The lowest BCUT2D eigenvalue weighted by molar-refractivity contribution is -0.141. The molecule has 1 aromatic heterocycles. The lowest BCUT2D eigenvalue weighted by atomic mass is 10.1. The Morgan fingerprint density at radius 2 is 1.93 bits per heavy atom. The Labute approximate surface area is 165 Å². The van der Waals surface area contributed by atoms with Crippen LogP contribution in [-0.2, 0) is 25.9 Å². The standard InChI is InChI=1S/C17H18ClFN2O6S/c1-10(9-28(3,25)26)21-16(23)12(11-5-4-6-13(19)15(11)18)7-20(17(21)24)8-14(22)27-2/h4-7,10H,8-9H2,1-3H3/t10-/m0/s1. The minimum Gasteiger partial charge on any atom is -0.468 e. The van der Waals surface area contributed by atoms with Crippen LogP contribution in [0.25, 0.3) is 11.1 Å². The van der Waals surface area contributed by atoms with Gasteiger partial charge in [0, 0.05) is 18.0 Å². The Hall–Kier alpha value is -2.46. The Balaban J connectivity index is 2.82. The number of benzene rings is 1. The highest BCUT2D eigenvalue weighted by Gasteiger charge is 2.23. The van der Waals surface area contributed by atoms with E-state index in [-0.39, 0.29) is 16.1 Å². The molecule has 0 N–H and O–H groups in total. The fourth-order valence-electron chi connectivity index (χ4n) is 2.74. The van der Waals surface area contributed by atoms with E-state index in [0.717, 1.165) is 30.2 Å². The second-order valence-corrected chi connectivity index (χ2v) is 8.81. The minimum atomic E-state index is -3.52. The van der Waals surface area contributed by atoms with Gasteiger partial charge >= 0.3 is 11.7 Å². The molecule has 0 unspecified atom stereocenters. The molecule has 1 atom stereocenters. The van der Waals surface area contributed by atoms with Crippen LogP contribution in [-0.4, -0.2) is 42.6 Å². The first-order chi connectivity index (χ1) is 13.0. The summed E-state index contributed by atoms with van der Waals surface area (Å²) in [4.78, 5) is 37.3. The van der Waals surface area contributed by atoms with E-state index in [4.69, 9.17) is 11.6 Å². The number of ether oxygens (including phenoxy) is 1. The first-order valence-corrected chi connectivity index (χ1v) is 10.4. The lowest BCUT2D eigenvalue weighted by Crippen LogP contribution is -2.44. The molecule has 0 aliphatic heterocycles. The third-order valence-corrected chi connectivity index (χ3v) is 5.41. The van der Waals surface area contributed by atoms with E-state index in [1.165, 1.54) is 19.1 Å². The van der Waals surface area contributed by atoms with Crippen molar-refractivity contribution < 1.29 is 22.3 Å². The first kappa shape index (κ1) is 21.8. The smallest absolute Gasteiger partial charge is 0.331 e. The van der Waals surface area contributed by atoms with Gasteiger partial charge in [-0.15, -0.1) is 0 Å². The van der Waals surface area contributed by atoms with E-state index in [1.54, 1.807) is 0 Å². The zero-order chi connectivity index (χ0) is 21.2. The molecule has 11 heteroatoms. The number of esters is 1. The maximum Gasteiger partial charge on any atom is 0.331 e. The second kappa shape index (κ2) is 8.27. The normalized spacial score (nSPS) is 12.6. The summed E-state index contributed by atoms with van der Waals surface area (Å²) < 4.78 is 43.3. The van der Waals surface area contributed by atoms with Gasteiger partial charge in [0.25, 0.3) is 5.56 Å². The van der Waals surface area contributed by atoms with Crippen molar-refractivity contribution in [1.29, 1.82) is 0 Å². The Bertz CT molecular complexity index is 1140. The molecule has 0 fully saturated rings. The van der Waals surface area contributed by atoms with Crippen molar-refractivity contribution in [3.8, 4) is 11.1 Å². The maximum atomic E-state index is 13.9. The summed E-state index contributed by atoms with van der Waals surface area (Å²) in [5.41, 5.74) is -1.91. The molecule has 28 heavy (non-hydrogen) atoms. The number of carbonyl (C=O) groups is 1. The quantitative estimate of drug-likeness (QED) is 0.636. The van der Waals surface area contributed by atoms with Crippen LogP contribution in [0.2, 0.25) is 5.02 Å².